The topological polar surface area (TPSA) is 66.9 Å². The molecule has 0 saturated heterocycles. The van der Waals surface area contributed by atoms with Crippen LogP contribution in [-0.4, -0.2) is 15.9 Å². The number of carbonyl (C=O) groups is 1. The lowest BCUT2D eigenvalue weighted by atomic mass is 10.3. The fourth-order valence-electron chi connectivity index (χ4n) is 2.30. The number of rotatable bonds is 3. The second-order valence-electron chi connectivity index (χ2n) is 5.14. The van der Waals surface area contributed by atoms with Gasteiger partial charge in [0.05, 0.1) is 20.4 Å². The maximum absolute atomic E-state index is 11.2. The Balaban J connectivity index is 1.64. The van der Waals surface area contributed by atoms with E-state index < -0.39 is 0 Å². The van der Waals surface area contributed by atoms with Gasteiger partial charge in [0.25, 0.3) is 0 Å². The minimum absolute atomic E-state index is 0.0923. The Bertz CT molecular complexity index is 1070. The average molecular weight is 375 g/mol. The molecule has 0 atom stereocenters. The molecule has 0 fully saturated rings. The summed E-state index contributed by atoms with van der Waals surface area (Å²) in [5.74, 6) is -0.0923. The highest BCUT2D eigenvalue weighted by Gasteiger charge is 2.09. The van der Waals surface area contributed by atoms with Crippen LogP contribution in [0.5, 0.6) is 0 Å². The first-order valence-corrected chi connectivity index (χ1v) is 9.09. The first kappa shape index (κ1) is 15.3. The summed E-state index contributed by atoms with van der Waals surface area (Å²) in [6.45, 7) is 1.49. The second-order valence-corrected chi connectivity index (χ2v) is 7.64. The van der Waals surface area contributed by atoms with Gasteiger partial charge in [-0.15, -0.1) is 0 Å². The molecule has 0 radical (unpaired) electrons. The largest absolute Gasteiger partial charge is 0.326 e. The van der Waals surface area contributed by atoms with Crippen molar-refractivity contribution in [1.82, 2.24) is 9.97 Å². The van der Waals surface area contributed by atoms with Crippen LogP contribution in [0.1, 0.15) is 6.92 Å². The number of amides is 1. The van der Waals surface area contributed by atoms with Crippen LogP contribution in [0.3, 0.4) is 0 Å². The number of hydrogen-bond donors (Lipinski definition) is 2. The summed E-state index contributed by atoms with van der Waals surface area (Å²) in [4.78, 5) is 20.2. The van der Waals surface area contributed by atoms with Crippen LogP contribution in [-0.2, 0) is 4.79 Å². The van der Waals surface area contributed by atoms with Crippen molar-refractivity contribution in [2.75, 3.05) is 10.6 Å². The normalized spacial score (nSPS) is 11.1. The maximum atomic E-state index is 11.2. The van der Waals surface area contributed by atoms with Gasteiger partial charge in [-0.25, -0.2) is 9.97 Å². The molecule has 1 amide bonds. The number of benzene rings is 2. The van der Waals surface area contributed by atoms with Gasteiger partial charge < -0.3 is 10.6 Å². The molecule has 8 heteroatoms. The predicted octanol–water partition coefficient (Wildman–Crippen LogP) is 5.26. The zero-order valence-corrected chi connectivity index (χ0v) is 14.9. The molecule has 0 bridgehead atoms. The molecule has 0 unspecified atom stereocenters. The highest BCUT2D eigenvalue weighted by Crippen LogP contribution is 2.34. The smallest absolute Gasteiger partial charge is 0.221 e. The Morgan fingerprint density at radius 3 is 2.29 bits per heavy atom. The van der Waals surface area contributed by atoms with Crippen molar-refractivity contribution >= 4 is 76.6 Å². The van der Waals surface area contributed by atoms with E-state index in [1.54, 1.807) is 0 Å². The van der Waals surface area contributed by atoms with Crippen molar-refractivity contribution in [3.8, 4) is 0 Å². The van der Waals surface area contributed by atoms with E-state index in [4.69, 9.17) is 11.6 Å². The Kier molecular flexibility index (Phi) is 3.84. The number of carbonyl (C=O) groups excluding carboxylic acids is 1. The van der Waals surface area contributed by atoms with Crippen LogP contribution in [0.25, 0.3) is 20.4 Å². The summed E-state index contributed by atoms with van der Waals surface area (Å²) >= 11 is 9.05. The molecular weight excluding hydrogens is 364 g/mol. The molecule has 4 aromatic rings. The molecular formula is C16H11ClN4OS2. The number of hydrogen-bond acceptors (Lipinski definition) is 6. The number of aromatic nitrogens is 2. The molecule has 0 spiro atoms. The summed E-state index contributed by atoms with van der Waals surface area (Å²) in [6.07, 6.45) is 0. The Hall–Kier alpha value is -2.22. The summed E-state index contributed by atoms with van der Waals surface area (Å²) in [5, 5.41) is 8.25. The number of fused-ring (bicyclic) bond motifs is 2. The van der Waals surface area contributed by atoms with E-state index in [1.165, 1.54) is 29.6 Å². The van der Waals surface area contributed by atoms with Gasteiger partial charge in [-0.3, -0.25) is 4.79 Å². The van der Waals surface area contributed by atoms with E-state index in [-0.39, 0.29) is 5.91 Å². The molecule has 5 nitrogen and oxygen atoms in total. The quantitative estimate of drug-likeness (QED) is 0.513. The fourth-order valence-corrected chi connectivity index (χ4v) is 4.41. The van der Waals surface area contributed by atoms with Crippen molar-refractivity contribution < 1.29 is 4.79 Å². The van der Waals surface area contributed by atoms with E-state index in [0.717, 1.165) is 36.4 Å². The van der Waals surface area contributed by atoms with E-state index >= 15 is 0 Å². The fraction of sp³-hybridized carbons (Fsp3) is 0.0625. The number of anilines is 3. The zero-order chi connectivity index (χ0) is 16.7. The minimum Gasteiger partial charge on any atom is -0.326 e. The third-order valence-corrected chi connectivity index (χ3v) is 5.38. The molecule has 2 heterocycles. The number of halogens is 1. The molecule has 4 rings (SSSR count). The SMILES string of the molecule is CC(=O)Nc1ccc2nc(Nc3nc4ccc(Cl)cc4s3)sc2c1. The van der Waals surface area contributed by atoms with Crippen molar-refractivity contribution in [2.24, 2.45) is 0 Å². The molecule has 24 heavy (non-hydrogen) atoms. The third-order valence-electron chi connectivity index (χ3n) is 3.27. The summed E-state index contributed by atoms with van der Waals surface area (Å²) in [6, 6.07) is 11.3. The maximum Gasteiger partial charge on any atom is 0.221 e. The lowest BCUT2D eigenvalue weighted by molar-refractivity contribution is -0.114. The Labute approximate surface area is 150 Å². The highest BCUT2D eigenvalue weighted by molar-refractivity contribution is 7.24. The van der Waals surface area contributed by atoms with Crippen molar-refractivity contribution in [3.05, 3.63) is 41.4 Å². The summed E-state index contributed by atoms with van der Waals surface area (Å²) in [7, 11) is 0. The summed E-state index contributed by atoms with van der Waals surface area (Å²) < 4.78 is 2.02. The van der Waals surface area contributed by atoms with E-state index in [0.29, 0.717) is 5.02 Å². The average Bonchev–Trinajstić information content (AvgIpc) is 3.08. The molecule has 2 aromatic carbocycles. The van der Waals surface area contributed by atoms with E-state index in [2.05, 4.69) is 20.6 Å². The standard InChI is InChI=1S/C16H11ClN4OS2/c1-8(22)18-10-3-5-12-14(7-10)24-16(20-12)21-15-19-11-4-2-9(17)6-13(11)23-15/h2-7H,1H3,(H,18,22)(H,19,20,21). The predicted molar refractivity (Wildman–Crippen MR) is 102 cm³/mol. The second kappa shape index (κ2) is 6.01. The van der Waals surface area contributed by atoms with E-state index in [1.807, 2.05) is 36.4 Å². The van der Waals surface area contributed by atoms with Crippen LogP contribution in [0.15, 0.2) is 36.4 Å². The molecule has 120 valence electrons. The highest BCUT2D eigenvalue weighted by atomic mass is 35.5. The third kappa shape index (κ3) is 3.06. The molecule has 0 aliphatic heterocycles. The lowest BCUT2D eigenvalue weighted by Gasteiger charge is -1.99. The molecule has 0 aliphatic carbocycles. The van der Waals surface area contributed by atoms with Crippen LogP contribution in [0.2, 0.25) is 5.02 Å². The Morgan fingerprint density at radius 2 is 1.62 bits per heavy atom. The monoisotopic (exact) mass is 374 g/mol. The first-order chi connectivity index (χ1) is 11.6. The first-order valence-electron chi connectivity index (χ1n) is 7.08. The number of nitrogens with zero attached hydrogens (tertiary/aromatic N) is 2. The van der Waals surface area contributed by atoms with Gasteiger partial charge in [-0.1, -0.05) is 34.3 Å². The van der Waals surface area contributed by atoms with E-state index in [9.17, 15) is 4.79 Å². The Morgan fingerprint density at radius 1 is 1.00 bits per heavy atom. The zero-order valence-electron chi connectivity index (χ0n) is 12.5. The van der Waals surface area contributed by atoms with Crippen LogP contribution < -0.4 is 10.6 Å². The van der Waals surface area contributed by atoms with Gasteiger partial charge in [0.2, 0.25) is 5.91 Å². The van der Waals surface area contributed by atoms with Crippen LogP contribution in [0.4, 0.5) is 16.0 Å². The number of nitrogens with one attached hydrogen (secondary N) is 2. The molecule has 2 N–H and O–H groups in total. The van der Waals surface area contributed by atoms with Gasteiger partial charge in [0.15, 0.2) is 10.3 Å². The molecule has 2 aromatic heterocycles. The van der Waals surface area contributed by atoms with Crippen molar-refractivity contribution in [2.45, 2.75) is 6.92 Å². The van der Waals surface area contributed by atoms with Gasteiger partial charge >= 0.3 is 0 Å². The molecule has 0 saturated carbocycles. The molecule has 0 aliphatic rings. The lowest BCUT2D eigenvalue weighted by Crippen LogP contribution is -2.05. The van der Waals surface area contributed by atoms with Crippen molar-refractivity contribution in [3.63, 3.8) is 0 Å². The van der Waals surface area contributed by atoms with Gasteiger partial charge in [-0.2, -0.15) is 0 Å². The van der Waals surface area contributed by atoms with Gasteiger partial charge in [0.1, 0.15) is 0 Å². The number of thiazole rings is 2. The van der Waals surface area contributed by atoms with Crippen LogP contribution >= 0.6 is 34.3 Å². The van der Waals surface area contributed by atoms with Gasteiger partial charge in [-0.05, 0) is 36.4 Å². The minimum atomic E-state index is -0.0923. The summed E-state index contributed by atoms with van der Waals surface area (Å²) in [5.41, 5.74) is 2.54. The van der Waals surface area contributed by atoms with Gasteiger partial charge in [0, 0.05) is 17.6 Å². The van der Waals surface area contributed by atoms with Crippen molar-refractivity contribution in [1.29, 1.82) is 0 Å². The van der Waals surface area contributed by atoms with Crippen LogP contribution in [0, 0.1) is 0 Å².